The van der Waals surface area contributed by atoms with E-state index in [1.54, 1.807) is 17.1 Å². The summed E-state index contributed by atoms with van der Waals surface area (Å²) in [7, 11) is 1.82. The molecule has 1 aliphatic heterocycles. The van der Waals surface area contributed by atoms with Crippen molar-refractivity contribution in [1.29, 1.82) is 0 Å². The zero-order valence-corrected chi connectivity index (χ0v) is 7.62. The molecule has 68 valence electrons. The van der Waals surface area contributed by atoms with Gasteiger partial charge in [0.15, 0.2) is 0 Å². The minimum atomic E-state index is 0.0630. The van der Waals surface area contributed by atoms with Crippen LogP contribution in [0.15, 0.2) is 12.2 Å². The quantitative estimate of drug-likeness (QED) is 0.572. The third-order valence-electron chi connectivity index (χ3n) is 2.11. The third-order valence-corrected chi connectivity index (χ3v) is 2.11. The van der Waals surface area contributed by atoms with Crippen molar-refractivity contribution in [2.75, 3.05) is 20.3 Å². The largest absolute Gasteiger partial charge is 0.379 e. The van der Waals surface area contributed by atoms with Crippen LogP contribution in [-0.4, -0.2) is 37.1 Å². The van der Waals surface area contributed by atoms with Crippen molar-refractivity contribution in [3.63, 3.8) is 0 Å². The lowest BCUT2D eigenvalue weighted by Gasteiger charge is -2.21. The molecule has 3 nitrogen and oxygen atoms in total. The fourth-order valence-corrected chi connectivity index (χ4v) is 1.27. The maximum atomic E-state index is 11.3. The molecule has 1 aliphatic rings. The molecule has 0 aromatic heterocycles. The molecule has 0 bridgehead atoms. The topological polar surface area (TPSA) is 29.5 Å². The highest BCUT2D eigenvalue weighted by molar-refractivity contribution is 5.87. The van der Waals surface area contributed by atoms with Gasteiger partial charge in [-0.1, -0.05) is 6.08 Å². The second-order valence-electron chi connectivity index (χ2n) is 2.97. The second kappa shape index (κ2) is 4.26. The van der Waals surface area contributed by atoms with Crippen LogP contribution in [0.5, 0.6) is 0 Å². The molecule has 12 heavy (non-hydrogen) atoms. The molecule has 0 spiro atoms. The summed E-state index contributed by atoms with van der Waals surface area (Å²) in [5.74, 6) is 0.0630. The number of nitrogens with zero attached hydrogens (tertiary/aromatic N) is 1. The van der Waals surface area contributed by atoms with Gasteiger partial charge in [0.1, 0.15) is 0 Å². The van der Waals surface area contributed by atoms with E-state index in [9.17, 15) is 4.79 Å². The van der Waals surface area contributed by atoms with Gasteiger partial charge in [-0.3, -0.25) is 4.79 Å². The summed E-state index contributed by atoms with van der Waals surface area (Å²) in [6, 6.07) is 0.272. The van der Waals surface area contributed by atoms with Crippen LogP contribution < -0.4 is 0 Å². The van der Waals surface area contributed by atoms with Crippen molar-refractivity contribution in [3.05, 3.63) is 12.2 Å². The Hall–Kier alpha value is -0.830. The Bertz CT molecular complexity index is 183. The fraction of sp³-hybridized carbons (Fsp3) is 0.667. The summed E-state index contributed by atoms with van der Waals surface area (Å²) < 4.78 is 5.19. The van der Waals surface area contributed by atoms with Gasteiger partial charge in [-0.25, -0.2) is 0 Å². The van der Waals surface area contributed by atoms with Crippen LogP contribution in [0, 0.1) is 0 Å². The van der Waals surface area contributed by atoms with E-state index in [0.29, 0.717) is 6.61 Å². The van der Waals surface area contributed by atoms with Crippen molar-refractivity contribution < 1.29 is 9.53 Å². The van der Waals surface area contributed by atoms with E-state index in [1.807, 2.05) is 14.0 Å². The normalized spacial score (nSPS) is 23.3. The van der Waals surface area contributed by atoms with Crippen molar-refractivity contribution in [2.45, 2.75) is 19.4 Å². The van der Waals surface area contributed by atoms with E-state index < -0.39 is 0 Å². The molecule has 0 N–H and O–H groups in total. The predicted molar refractivity (Wildman–Crippen MR) is 46.8 cm³/mol. The Morgan fingerprint density at radius 2 is 2.42 bits per heavy atom. The molecule has 0 aromatic carbocycles. The number of carbonyl (C=O) groups is 1. The van der Waals surface area contributed by atoms with E-state index in [0.717, 1.165) is 13.0 Å². The number of hydrogen-bond donors (Lipinski definition) is 0. The lowest BCUT2D eigenvalue weighted by Crippen LogP contribution is -2.36. The first-order valence-electron chi connectivity index (χ1n) is 4.23. The van der Waals surface area contributed by atoms with Gasteiger partial charge in [0.2, 0.25) is 5.91 Å². The summed E-state index contributed by atoms with van der Waals surface area (Å²) in [5.41, 5.74) is 0. The molecule has 1 rings (SSSR count). The molecular weight excluding hydrogens is 154 g/mol. The highest BCUT2D eigenvalue weighted by Gasteiger charge is 2.22. The van der Waals surface area contributed by atoms with Crippen LogP contribution in [0.25, 0.3) is 0 Å². The van der Waals surface area contributed by atoms with Crippen molar-refractivity contribution in [1.82, 2.24) is 4.90 Å². The molecule has 1 fully saturated rings. The first-order chi connectivity index (χ1) is 5.75. The van der Waals surface area contributed by atoms with Crippen LogP contribution in [0.4, 0.5) is 0 Å². The van der Waals surface area contributed by atoms with Gasteiger partial charge in [-0.2, -0.15) is 0 Å². The molecule has 1 amide bonds. The number of likely N-dealkylation sites (N-methyl/N-ethyl adjacent to an activating group) is 1. The number of ether oxygens (including phenoxy) is 1. The number of allylic oxidation sites excluding steroid dienone is 1. The van der Waals surface area contributed by atoms with E-state index in [4.69, 9.17) is 4.74 Å². The van der Waals surface area contributed by atoms with Gasteiger partial charge in [0, 0.05) is 13.7 Å². The smallest absolute Gasteiger partial charge is 0.246 e. The van der Waals surface area contributed by atoms with Crippen LogP contribution in [0.1, 0.15) is 13.3 Å². The molecular formula is C9H15NO2. The third kappa shape index (κ3) is 2.08. The van der Waals surface area contributed by atoms with Gasteiger partial charge < -0.3 is 9.64 Å². The Balaban J connectivity index is 2.45. The van der Waals surface area contributed by atoms with Crippen molar-refractivity contribution >= 4 is 5.91 Å². The lowest BCUT2D eigenvalue weighted by molar-refractivity contribution is -0.126. The molecule has 0 saturated carbocycles. The molecule has 0 radical (unpaired) electrons. The summed E-state index contributed by atoms with van der Waals surface area (Å²) >= 11 is 0. The first kappa shape index (κ1) is 9.26. The van der Waals surface area contributed by atoms with E-state index in [1.165, 1.54) is 0 Å². The number of hydrogen-bond acceptors (Lipinski definition) is 2. The zero-order chi connectivity index (χ0) is 8.97. The molecule has 1 heterocycles. The van der Waals surface area contributed by atoms with Crippen molar-refractivity contribution in [2.24, 2.45) is 0 Å². The van der Waals surface area contributed by atoms with Crippen LogP contribution in [-0.2, 0) is 9.53 Å². The summed E-state index contributed by atoms with van der Waals surface area (Å²) in [5, 5.41) is 0. The van der Waals surface area contributed by atoms with E-state index >= 15 is 0 Å². The van der Waals surface area contributed by atoms with Gasteiger partial charge in [-0.05, 0) is 19.4 Å². The number of amides is 1. The lowest BCUT2D eigenvalue weighted by atomic mass is 10.2. The Morgan fingerprint density at radius 3 is 2.92 bits per heavy atom. The van der Waals surface area contributed by atoms with Crippen LogP contribution in [0.2, 0.25) is 0 Å². The fourth-order valence-electron chi connectivity index (χ4n) is 1.27. The minimum Gasteiger partial charge on any atom is -0.379 e. The Kier molecular flexibility index (Phi) is 3.29. The zero-order valence-electron chi connectivity index (χ0n) is 7.62. The molecule has 1 saturated heterocycles. The summed E-state index contributed by atoms with van der Waals surface area (Å²) in [6.45, 7) is 3.30. The molecule has 0 aliphatic carbocycles. The molecule has 0 aromatic rings. The molecule has 1 atom stereocenters. The highest BCUT2D eigenvalue weighted by Crippen LogP contribution is 2.10. The monoisotopic (exact) mass is 169 g/mol. The highest BCUT2D eigenvalue weighted by atomic mass is 16.5. The minimum absolute atomic E-state index is 0.0630. The van der Waals surface area contributed by atoms with Crippen molar-refractivity contribution in [3.8, 4) is 0 Å². The molecule has 1 unspecified atom stereocenters. The van der Waals surface area contributed by atoms with Crippen LogP contribution >= 0.6 is 0 Å². The summed E-state index contributed by atoms with van der Waals surface area (Å²) in [4.78, 5) is 13.1. The average molecular weight is 169 g/mol. The Labute approximate surface area is 73.0 Å². The Morgan fingerprint density at radius 1 is 1.67 bits per heavy atom. The maximum absolute atomic E-state index is 11.3. The predicted octanol–water partition coefficient (Wildman–Crippen LogP) is 0.810. The second-order valence-corrected chi connectivity index (χ2v) is 2.97. The average Bonchev–Trinajstić information content (AvgIpc) is 2.55. The van der Waals surface area contributed by atoms with Crippen LogP contribution in [0.3, 0.4) is 0 Å². The van der Waals surface area contributed by atoms with Gasteiger partial charge in [-0.15, -0.1) is 0 Å². The van der Waals surface area contributed by atoms with Gasteiger partial charge >= 0.3 is 0 Å². The van der Waals surface area contributed by atoms with E-state index in [2.05, 4.69) is 0 Å². The maximum Gasteiger partial charge on any atom is 0.246 e. The van der Waals surface area contributed by atoms with Gasteiger partial charge in [0.25, 0.3) is 0 Å². The molecule has 3 heteroatoms. The standard InChI is InChI=1S/C9H15NO2/c1-3-4-9(11)10(2)8-5-6-12-7-8/h3-4,8H,5-7H2,1-2H3/b4-3+. The SMILES string of the molecule is C/C=C/C(=O)N(C)C1CCOC1. The van der Waals surface area contributed by atoms with Gasteiger partial charge in [0.05, 0.1) is 12.6 Å². The van der Waals surface area contributed by atoms with E-state index in [-0.39, 0.29) is 11.9 Å². The summed E-state index contributed by atoms with van der Waals surface area (Å²) in [6.07, 6.45) is 4.30. The number of carbonyl (C=O) groups excluding carboxylic acids is 1. The number of rotatable bonds is 2. The first-order valence-corrected chi connectivity index (χ1v) is 4.23.